The van der Waals surface area contributed by atoms with Crippen molar-refractivity contribution in [3.05, 3.63) is 28.5 Å². The van der Waals surface area contributed by atoms with Crippen LogP contribution in [-0.4, -0.2) is 9.97 Å². The monoisotopic (exact) mass is 192 g/mol. The average molecular weight is 193 g/mol. The highest BCUT2D eigenvalue weighted by molar-refractivity contribution is 6.32. The fourth-order valence-electron chi connectivity index (χ4n) is 0.561. The zero-order valence-corrected chi connectivity index (χ0v) is 6.82. The number of hydrogen-bond donors (Lipinski definition) is 0. The van der Waals surface area contributed by atoms with Crippen LogP contribution >= 0.6 is 23.2 Å². The molecule has 0 saturated carbocycles. The van der Waals surface area contributed by atoms with Gasteiger partial charge in [-0.25, -0.2) is 4.98 Å². The molecule has 0 radical (unpaired) electrons. The van der Waals surface area contributed by atoms with Crippen molar-refractivity contribution in [3.8, 4) is 0 Å². The van der Waals surface area contributed by atoms with Crippen molar-refractivity contribution in [3.63, 3.8) is 0 Å². The van der Waals surface area contributed by atoms with E-state index < -0.39 is 5.95 Å². The lowest BCUT2D eigenvalue weighted by molar-refractivity contribution is 0.577. The maximum atomic E-state index is 12.7. The molecule has 0 amide bonds. The topological polar surface area (TPSA) is 25.8 Å². The zero-order valence-electron chi connectivity index (χ0n) is 5.31. The third kappa shape index (κ3) is 1.67. The second kappa shape index (κ2) is 3.15. The highest BCUT2D eigenvalue weighted by atomic mass is 35.5. The van der Waals surface area contributed by atoms with Crippen LogP contribution < -0.4 is 0 Å². The Morgan fingerprint density at radius 2 is 2.00 bits per heavy atom. The van der Waals surface area contributed by atoms with Crippen LogP contribution in [0.25, 0.3) is 6.08 Å². The molecule has 5 heteroatoms. The van der Waals surface area contributed by atoms with Gasteiger partial charge in [-0.3, -0.25) is 0 Å². The lowest BCUT2D eigenvalue weighted by atomic mass is 10.3. The van der Waals surface area contributed by atoms with Gasteiger partial charge in [0.1, 0.15) is 5.15 Å². The van der Waals surface area contributed by atoms with Crippen LogP contribution in [0.1, 0.15) is 5.56 Å². The summed E-state index contributed by atoms with van der Waals surface area (Å²) in [6.45, 7) is 3.33. The molecule has 1 aromatic rings. The van der Waals surface area contributed by atoms with Crippen molar-refractivity contribution in [2.24, 2.45) is 0 Å². The van der Waals surface area contributed by atoms with E-state index in [9.17, 15) is 4.39 Å². The lowest BCUT2D eigenvalue weighted by Crippen LogP contribution is -1.93. The Bertz CT molecular complexity index is 278. The Morgan fingerprint density at radius 1 is 1.36 bits per heavy atom. The molecular weight excluding hydrogens is 190 g/mol. The van der Waals surface area contributed by atoms with Gasteiger partial charge < -0.3 is 0 Å². The van der Waals surface area contributed by atoms with Crippen molar-refractivity contribution in [2.45, 2.75) is 0 Å². The minimum absolute atomic E-state index is 0.0301. The quantitative estimate of drug-likeness (QED) is 0.505. The molecule has 0 aliphatic carbocycles. The summed E-state index contributed by atoms with van der Waals surface area (Å²) >= 11 is 10.8. The molecule has 0 spiro atoms. The normalized spacial score (nSPS) is 9.73. The Hall–Kier alpha value is -0.670. The molecule has 11 heavy (non-hydrogen) atoms. The van der Waals surface area contributed by atoms with Gasteiger partial charge in [0, 0.05) is 0 Å². The molecule has 0 fully saturated rings. The molecule has 0 unspecified atom stereocenters. The predicted octanol–water partition coefficient (Wildman–Crippen LogP) is 2.57. The van der Waals surface area contributed by atoms with Gasteiger partial charge in [-0.05, 0) is 11.6 Å². The van der Waals surface area contributed by atoms with Gasteiger partial charge in [-0.1, -0.05) is 24.3 Å². The van der Waals surface area contributed by atoms with Gasteiger partial charge in [-0.15, -0.1) is 0 Å². The Kier molecular flexibility index (Phi) is 2.42. The van der Waals surface area contributed by atoms with Crippen LogP contribution in [0.3, 0.4) is 0 Å². The number of hydrogen-bond acceptors (Lipinski definition) is 2. The summed E-state index contributed by atoms with van der Waals surface area (Å²) in [5, 5.41) is -0.240. The van der Waals surface area contributed by atoms with Gasteiger partial charge in [0.2, 0.25) is 11.2 Å². The maximum absolute atomic E-state index is 12.7. The van der Waals surface area contributed by atoms with Crippen LogP contribution in [-0.2, 0) is 0 Å². The summed E-state index contributed by atoms with van der Waals surface area (Å²) in [6, 6.07) is 0. The van der Waals surface area contributed by atoms with E-state index in [0.717, 1.165) is 0 Å². The number of rotatable bonds is 1. The molecule has 0 aromatic carbocycles. The number of aromatic nitrogens is 2. The molecule has 0 bridgehead atoms. The summed E-state index contributed by atoms with van der Waals surface area (Å²) < 4.78 is 12.7. The van der Waals surface area contributed by atoms with E-state index in [1.165, 1.54) is 6.08 Å². The van der Waals surface area contributed by atoms with Crippen molar-refractivity contribution in [2.75, 3.05) is 0 Å². The Balaban J connectivity index is 3.36. The van der Waals surface area contributed by atoms with E-state index in [-0.39, 0.29) is 16.0 Å². The summed E-state index contributed by atoms with van der Waals surface area (Å²) in [7, 11) is 0. The zero-order chi connectivity index (χ0) is 8.43. The first-order valence-corrected chi connectivity index (χ1v) is 3.41. The molecule has 1 rings (SSSR count). The van der Waals surface area contributed by atoms with Crippen molar-refractivity contribution in [1.82, 2.24) is 9.97 Å². The minimum atomic E-state index is -0.759. The van der Waals surface area contributed by atoms with Crippen LogP contribution in [0, 0.1) is 5.95 Å². The predicted molar refractivity (Wildman–Crippen MR) is 42.1 cm³/mol. The first-order chi connectivity index (χ1) is 5.15. The molecular formula is C6H3Cl2FN2. The average Bonchev–Trinajstić information content (AvgIpc) is 1.85. The fourth-order valence-corrected chi connectivity index (χ4v) is 0.998. The van der Waals surface area contributed by atoms with Crippen LogP contribution in [0.15, 0.2) is 6.58 Å². The van der Waals surface area contributed by atoms with Gasteiger partial charge in [-0.2, -0.15) is 9.37 Å². The molecule has 0 saturated heterocycles. The van der Waals surface area contributed by atoms with Crippen LogP contribution in [0.2, 0.25) is 10.4 Å². The molecule has 0 atom stereocenters. The molecule has 2 nitrogen and oxygen atoms in total. The standard InChI is InChI=1S/C6H3Cl2FN2/c1-2-3-4(7)10-6(8)11-5(3)9/h2H,1H2. The van der Waals surface area contributed by atoms with E-state index in [0.29, 0.717) is 0 Å². The van der Waals surface area contributed by atoms with Crippen molar-refractivity contribution in [1.29, 1.82) is 0 Å². The molecule has 1 aromatic heterocycles. The second-order valence-corrected chi connectivity index (χ2v) is 2.39. The third-order valence-electron chi connectivity index (χ3n) is 1.03. The van der Waals surface area contributed by atoms with E-state index in [1.807, 2.05) is 0 Å². The molecule has 0 aliphatic heterocycles. The minimum Gasteiger partial charge on any atom is -0.205 e. The summed E-state index contributed by atoms with van der Waals surface area (Å²) in [6.07, 6.45) is 1.23. The molecule has 0 aliphatic rings. The number of halogens is 3. The largest absolute Gasteiger partial charge is 0.226 e. The highest BCUT2D eigenvalue weighted by Gasteiger charge is 2.07. The molecule has 1 heterocycles. The molecule has 0 N–H and O–H groups in total. The SMILES string of the molecule is C=Cc1c(F)nc(Cl)nc1Cl. The number of nitrogens with zero attached hydrogens (tertiary/aromatic N) is 2. The van der Waals surface area contributed by atoms with E-state index >= 15 is 0 Å². The third-order valence-corrected chi connectivity index (χ3v) is 1.49. The van der Waals surface area contributed by atoms with Crippen LogP contribution in [0.5, 0.6) is 0 Å². The highest BCUT2D eigenvalue weighted by Crippen LogP contribution is 2.18. The van der Waals surface area contributed by atoms with E-state index in [2.05, 4.69) is 16.5 Å². The Labute approximate surface area is 72.7 Å². The van der Waals surface area contributed by atoms with Crippen molar-refractivity contribution < 1.29 is 4.39 Å². The van der Waals surface area contributed by atoms with Crippen molar-refractivity contribution >= 4 is 29.3 Å². The van der Waals surface area contributed by atoms with Gasteiger partial charge in [0.15, 0.2) is 0 Å². The Morgan fingerprint density at radius 3 is 2.45 bits per heavy atom. The maximum Gasteiger partial charge on any atom is 0.226 e. The van der Waals surface area contributed by atoms with Gasteiger partial charge in [0.25, 0.3) is 0 Å². The summed E-state index contributed by atoms with van der Waals surface area (Å²) in [5.74, 6) is -0.759. The summed E-state index contributed by atoms with van der Waals surface area (Å²) in [4.78, 5) is 6.75. The fraction of sp³-hybridized carbons (Fsp3) is 0. The van der Waals surface area contributed by atoms with Gasteiger partial charge >= 0.3 is 0 Å². The second-order valence-electron chi connectivity index (χ2n) is 1.69. The van der Waals surface area contributed by atoms with Crippen LogP contribution in [0.4, 0.5) is 4.39 Å². The smallest absolute Gasteiger partial charge is 0.205 e. The lowest BCUT2D eigenvalue weighted by Gasteiger charge is -1.97. The van der Waals surface area contributed by atoms with Gasteiger partial charge in [0.05, 0.1) is 5.56 Å². The molecule has 58 valence electrons. The van der Waals surface area contributed by atoms with E-state index in [4.69, 9.17) is 23.2 Å². The first kappa shape index (κ1) is 8.43. The van der Waals surface area contributed by atoms with E-state index in [1.54, 1.807) is 0 Å². The first-order valence-electron chi connectivity index (χ1n) is 2.66. The summed E-state index contributed by atoms with van der Waals surface area (Å²) in [5.41, 5.74) is 0.0658.